The van der Waals surface area contributed by atoms with E-state index in [9.17, 15) is 0 Å². The van der Waals surface area contributed by atoms with Crippen molar-refractivity contribution in [1.82, 2.24) is 0 Å². The Hall–Kier alpha value is -6.78. The number of hydrogen-bond acceptors (Lipinski definition) is 3. The molecule has 2 aliphatic rings. The number of fused-ring (bicyclic) bond motifs is 4. The molecule has 2 heterocycles. The molecule has 0 saturated heterocycles. The van der Waals surface area contributed by atoms with Crippen molar-refractivity contribution in [3.05, 3.63) is 204 Å². The highest BCUT2D eigenvalue weighted by atomic mass is 15.2. The van der Waals surface area contributed by atoms with Crippen LogP contribution in [0.3, 0.4) is 0 Å². The van der Waals surface area contributed by atoms with Crippen LogP contribution in [0.2, 0.25) is 0 Å². The third kappa shape index (κ3) is 7.41. The second kappa shape index (κ2) is 16.0. The van der Waals surface area contributed by atoms with Crippen LogP contribution in [0, 0.1) is 13.8 Å². The summed E-state index contributed by atoms with van der Waals surface area (Å²) >= 11 is 0. The van der Waals surface area contributed by atoms with Gasteiger partial charge in [0.1, 0.15) is 0 Å². The van der Waals surface area contributed by atoms with Gasteiger partial charge in [0, 0.05) is 45.4 Å². The van der Waals surface area contributed by atoms with E-state index < -0.39 is 0 Å². The zero-order valence-electron chi connectivity index (χ0n) is 40.7. The molecule has 3 nitrogen and oxygen atoms in total. The third-order valence-corrected chi connectivity index (χ3v) is 13.8. The van der Waals surface area contributed by atoms with Crippen LogP contribution >= 0.6 is 0 Å². The summed E-state index contributed by atoms with van der Waals surface area (Å²) in [6.07, 6.45) is 0. The molecule has 10 rings (SSSR count). The van der Waals surface area contributed by atoms with Gasteiger partial charge < -0.3 is 14.7 Å². The Kier molecular flexibility index (Phi) is 10.4. The molecule has 4 heteroatoms. The average Bonchev–Trinajstić information content (AvgIpc) is 3.29. The van der Waals surface area contributed by atoms with Gasteiger partial charge in [0.05, 0.1) is 11.4 Å². The first-order chi connectivity index (χ1) is 31.5. The van der Waals surface area contributed by atoms with E-state index in [4.69, 9.17) is 0 Å². The van der Waals surface area contributed by atoms with E-state index in [0.717, 1.165) is 17.1 Å². The monoisotopic (exact) mass is 860 g/mol. The summed E-state index contributed by atoms with van der Waals surface area (Å²) in [7, 11) is 0. The molecule has 0 N–H and O–H groups in total. The van der Waals surface area contributed by atoms with Gasteiger partial charge >= 0.3 is 0 Å². The predicted octanol–water partition coefficient (Wildman–Crippen LogP) is 15.4. The Bertz CT molecular complexity index is 3070. The Morgan fingerprint density at radius 1 is 0.409 bits per heavy atom. The highest BCUT2D eigenvalue weighted by molar-refractivity contribution is 7.00. The largest absolute Gasteiger partial charge is 0.311 e. The molecule has 0 fully saturated rings. The van der Waals surface area contributed by atoms with Crippen LogP contribution in [0.1, 0.15) is 90.1 Å². The van der Waals surface area contributed by atoms with Crippen molar-refractivity contribution in [3.8, 4) is 11.1 Å². The quantitative estimate of drug-likeness (QED) is 0.154. The van der Waals surface area contributed by atoms with Gasteiger partial charge in [0.15, 0.2) is 0 Å². The Morgan fingerprint density at radius 2 is 0.924 bits per heavy atom. The number of hydrogen-bond donors (Lipinski definition) is 0. The summed E-state index contributed by atoms with van der Waals surface area (Å²) < 4.78 is 0. The zero-order chi connectivity index (χ0) is 46.3. The van der Waals surface area contributed by atoms with Crippen molar-refractivity contribution in [2.75, 3.05) is 14.7 Å². The molecule has 0 bridgehead atoms. The van der Waals surface area contributed by atoms with Crippen molar-refractivity contribution in [1.29, 1.82) is 0 Å². The number of para-hydroxylation sites is 3. The van der Waals surface area contributed by atoms with E-state index in [-0.39, 0.29) is 23.0 Å². The molecule has 66 heavy (non-hydrogen) atoms. The normalized spacial score (nSPS) is 13.3. The Labute approximate surface area is 394 Å². The second-order valence-electron chi connectivity index (χ2n) is 21.7. The van der Waals surface area contributed by atoms with Crippen molar-refractivity contribution in [2.24, 2.45) is 0 Å². The van der Waals surface area contributed by atoms with Gasteiger partial charge in [-0.25, -0.2) is 0 Å². The zero-order valence-corrected chi connectivity index (χ0v) is 40.7. The summed E-state index contributed by atoms with van der Waals surface area (Å²) in [4.78, 5) is 7.72. The predicted molar refractivity (Wildman–Crippen MR) is 286 cm³/mol. The number of aryl methyl sites for hydroxylation is 2. The molecular formula is C62H62BN3. The van der Waals surface area contributed by atoms with Gasteiger partial charge in [-0.1, -0.05) is 195 Å². The molecule has 0 atom stereocenters. The van der Waals surface area contributed by atoms with E-state index in [1.807, 2.05) is 0 Å². The van der Waals surface area contributed by atoms with Gasteiger partial charge in [-0.05, 0) is 123 Å². The fourth-order valence-electron chi connectivity index (χ4n) is 10.5. The summed E-state index contributed by atoms with van der Waals surface area (Å²) in [5.41, 5.74) is 23.0. The van der Waals surface area contributed by atoms with Crippen molar-refractivity contribution in [3.63, 3.8) is 0 Å². The number of benzene rings is 8. The second-order valence-corrected chi connectivity index (χ2v) is 21.7. The van der Waals surface area contributed by atoms with E-state index in [1.54, 1.807) is 0 Å². The molecule has 8 aromatic carbocycles. The van der Waals surface area contributed by atoms with Crippen LogP contribution in [0.5, 0.6) is 0 Å². The van der Waals surface area contributed by atoms with Crippen LogP contribution in [-0.2, 0) is 16.2 Å². The molecule has 0 unspecified atom stereocenters. The van der Waals surface area contributed by atoms with Gasteiger partial charge in [-0.3, -0.25) is 0 Å². The van der Waals surface area contributed by atoms with E-state index in [2.05, 4.69) is 267 Å². The molecule has 0 spiro atoms. The van der Waals surface area contributed by atoms with Crippen LogP contribution in [0.25, 0.3) is 11.1 Å². The Balaban J connectivity index is 1.39. The topological polar surface area (TPSA) is 9.72 Å². The number of anilines is 9. The number of rotatable bonds is 6. The standard InChI is InChI=1S/C62H62BN3/c1-41-29-33-45(34-30-41)64-55-35-31-42(2)37-50(55)63-51-38-44(60(3,4)5)32-36-56(51)66(52-26-18-15-23-47(52)43-21-13-12-14-22-43)58-40-46(39-57(64)59(58)63)65(53-27-19-16-24-48(53)61(6,7)8)54-28-20-17-25-49(54)62(9,10)11/h12-40H,1-11H3. The van der Waals surface area contributed by atoms with E-state index >= 15 is 0 Å². The SMILES string of the molecule is Cc1ccc(N2c3ccc(C)cc3B3c4cc(C(C)(C)C)ccc4N(c4ccccc4-c4ccccc4)c4cc(N(c5ccccc5C(C)(C)C)c5ccccc5C(C)(C)C)cc2c43)cc1. The first kappa shape index (κ1) is 43.1. The van der Waals surface area contributed by atoms with E-state index in [1.165, 1.54) is 89.5 Å². The fourth-order valence-corrected chi connectivity index (χ4v) is 10.5. The van der Waals surface area contributed by atoms with Crippen LogP contribution in [0.15, 0.2) is 176 Å². The van der Waals surface area contributed by atoms with Gasteiger partial charge in [0.25, 0.3) is 6.71 Å². The van der Waals surface area contributed by atoms with Crippen molar-refractivity contribution in [2.45, 2.75) is 92.4 Å². The van der Waals surface area contributed by atoms with Crippen LogP contribution < -0.4 is 31.1 Å². The lowest BCUT2D eigenvalue weighted by Crippen LogP contribution is -2.61. The molecule has 2 aliphatic heterocycles. The maximum Gasteiger partial charge on any atom is 0.252 e. The minimum atomic E-state index is -0.131. The first-order valence-corrected chi connectivity index (χ1v) is 23.7. The van der Waals surface area contributed by atoms with Crippen molar-refractivity contribution >= 4 is 74.3 Å². The molecule has 0 amide bonds. The summed E-state index contributed by atoms with van der Waals surface area (Å²) in [5.74, 6) is 0. The van der Waals surface area contributed by atoms with Gasteiger partial charge in [-0.2, -0.15) is 0 Å². The van der Waals surface area contributed by atoms with Crippen molar-refractivity contribution < 1.29 is 0 Å². The lowest BCUT2D eigenvalue weighted by atomic mass is 9.33. The van der Waals surface area contributed by atoms with Gasteiger partial charge in [-0.15, -0.1) is 0 Å². The highest BCUT2D eigenvalue weighted by Crippen LogP contribution is 2.52. The fraction of sp³-hybridized carbons (Fsp3) is 0.226. The average molecular weight is 860 g/mol. The molecule has 0 radical (unpaired) electrons. The first-order valence-electron chi connectivity index (χ1n) is 23.7. The molecule has 0 aromatic heterocycles. The van der Waals surface area contributed by atoms with Gasteiger partial charge in [0.2, 0.25) is 0 Å². The summed E-state index contributed by atoms with van der Waals surface area (Å²) in [6.45, 7) is 25.4. The highest BCUT2D eigenvalue weighted by Gasteiger charge is 2.45. The maximum atomic E-state index is 2.60. The number of nitrogens with zero attached hydrogens (tertiary/aromatic N) is 3. The molecule has 0 aliphatic carbocycles. The molecule has 8 aromatic rings. The minimum absolute atomic E-state index is 0.0183. The molecule has 0 saturated carbocycles. The summed E-state index contributed by atoms with van der Waals surface area (Å²) in [5, 5.41) is 0. The summed E-state index contributed by atoms with van der Waals surface area (Å²) in [6, 6.07) is 66.6. The van der Waals surface area contributed by atoms with Crippen LogP contribution in [-0.4, -0.2) is 6.71 Å². The maximum absolute atomic E-state index is 2.60. The third-order valence-electron chi connectivity index (χ3n) is 13.8. The van der Waals surface area contributed by atoms with E-state index in [0.29, 0.717) is 0 Å². The van der Waals surface area contributed by atoms with Crippen LogP contribution in [0.4, 0.5) is 51.2 Å². The molecule has 328 valence electrons. The lowest BCUT2D eigenvalue weighted by Gasteiger charge is -2.46. The smallest absolute Gasteiger partial charge is 0.252 e. The Morgan fingerprint density at radius 3 is 1.55 bits per heavy atom. The lowest BCUT2D eigenvalue weighted by molar-refractivity contribution is 0.587. The minimum Gasteiger partial charge on any atom is -0.311 e. The molecular weight excluding hydrogens is 798 g/mol.